The Balaban J connectivity index is 2.16. The Morgan fingerprint density at radius 1 is 1.47 bits per heavy atom. The lowest BCUT2D eigenvalue weighted by Gasteiger charge is -2.22. The summed E-state index contributed by atoms with van der Waals surface area (Å²) in [4.78, 5) is 12.0. The molecule has 1 aliphatic rings. The Bertz CT molecular complexity index is 361. The van der Waals surface area contributed by atoms with Gasteiger partial charge in [0.2, 0.25) is 0 Å². The summed E-state index contributed by atoms with van der Waals surface area (Å²) in [5, 5.41) is 3.60. The molecule has 3 nitrogen and oxygen atoms in total. The third kappa shape index (κ3) is 2.37. The van der Waals surface area contributed by atoms with Crippen LogP contribution in [0.4, 0.5) is 0 Å². The Morgan fingerprint density at radius 2 is 2.27 bits per heavy atom. The standard InChI is InChI=1S/C11H12ClNO2/c12-9-4-2-1-3-8(9)11(14)10-7-13-5-6-15-10/h1-4,10,13H,5-7H2. The number of carbonyl (C=O) groups is 1. The molecule has 80 valence electrons. The van der Waals surface area contributed by atoms with Gasteiger partial charge in [0.05, 0.1) is 11.6 Å². The summed E-state index contributed by atoms with van der Waals surface area (Å²) >= 11 is 5.94. The van der Waals surface area contributed by atoms with E-state index in [0.717, 1.165) is 6.54 Å². The molecule has 0 radical (unpaired) electrons. The van der Waals surface area contributed by atoms with Gasteiger partial charge in [0, 0.05) is 18.7 Å². The van der Waals surface area contributed by atoms with E-state index in [4.69, 9.17) is 16.3 Å². The van der Waals surface area contributed by atoms with Crippen molar-refractivity contribution in [2.24, 2.45) is 0 Å². The van der Waals surface area contributed by atoms with Crippen LogP contribution in [-0.4, -0.2) is 31.6 Å². The first-order chi connectivity index (χ1) is 7.29. The zero-order valence-corrected chi connectivity index (χ0v) is 8.96. The number of hydrogen-bond acceptors (Lipinski definition) is 3. The molecule has 15 heavy (non-hydrogen) atoms. The van der Waals surface area contributed by atoms with Gasteiger partial charge in [0.25, 0.3) is 0 Å². The molecule has 0 aliphatic carbocycles. The summed E-state index contributed by atoms with van der Waals surface area (Å²) in [6.07, 6.45) is -0.404. The lowest BCUT2D eigenvalue weighted by atomic mass is 10.1. The highest BCUT2D eigenvalue weighted by Gasteiger charge is 2.24. The number of ketones is 1. The van der Waals surface area contributed by atoms with Gasteiger partial charge in [-0.05, 0) is 12.1 Å². The van der Waals surface area contributed by atoms with Crippen LogP contribution in [0.3, 0.4) is 0 Å². The molecule has 1 aliphatic heterocycles. The molecule has 1 heterocycles. The second-order valence-corrected chi connectivity index (χ2v) is 3.81. The molecular weight excluding hydrogens is 214 g/mol. The highest BCUT2D eigenvalue weighted by molar-refractivity contribution is 6.34. The smallest absolute Gasteiger partial charge is 0.194 e. The Kier molecular flexibility index (Phi) is 3.36. The molecule has 2 rings (SSSR count). The topological polar surface area (TPSA) is 38.3 Å². The Labute approximate surface area is 93.4 Å². The van der Waals surface area contributed by atoms with E-state index in [2.05, 4.69) is 5.32 Å². The predicted molar refractivity (Wildman–Crippen MR) is 58.4 cm³/mol. The molecule has 4 heteroatoms. The summed E-state index contributed by atoms with van der Waals surface area (Å²) in [5.74, 6) is -0.0483. The van der Waals surface area contributed by atoms with Crippen molar-refractivity contribution >= 4 is 17.4 Å². The van der Waals surface area contributed by atoms with Crippen LogP contribution in [0.25, 0.3) is 0 Å². The fourth-order valence-corrected chi connectivity index (χ4v) is 1.80. The van der Waals surface area contributed by atoms with Crippen molar-refractivity contribution in [3.8, 4) is 0 Å². The molecule has 1 fully saturated rings. The number of Topliss-reactive ketones (excluding diaryl/α,β-unsaturated/α-hetero) is 1. The van der Waals surface area contributed by atoms with Crippen molar-refractivity contribution in [2.45, 2.75) is 6.10 Å². The fraction of sp³-hybridized carbons (Fsp3) is 0.364. The quantitative estimate of drug-likeness (QED) is 0.776. The van der Waals surface area contributed by atoms with Crippen LogP contribution in [0.5, 0.6) is 0 Å². The number of nitrogens with one attached hydrogen (secondary N) is 1. The van der Waals surface area contributed by atoms with Crippen molar-refractivity contribution < 1.29 is 9.53 Å². The van der Waals surface area contributed by atoms with Gasteiger partial charge in [-0.25, -0.2) is 0 Å². The van der Waals surface area contributed by atoms with Crippen LogP contribution in [0.1, 0.15) is 10.4 Å². The predicted octanol–water partition coefficient (Wildman–Crippen LogP) is 1.51. The first-order valence-electron chi connectivity index (χ1n) is 4.90. The van der Waals surface area contributed by atoms with Gasteiger partial charge in [-0.1, -0.05) is 23.7 Å². The van der Waals surface area contributed by atoms with Gasteiger partial charge >= 0.3 is 0 Å². The molecule has 0 amide bonds. The summed E-state index contributed by atoms with van der Waals surface area (Å²) in [6.45, 7) is 1.93. The number of morpholine rings is 1. The number of rotatable bonds is 2. The molecule has 1 atom stereocenters. The van der Waals surface area contributed by atoms with E-state index < -0.39 is 6.10 Å². The number of benzene rings is 1. The molecule has 0 saturated carbocycles. The summed E-state index contributed by atoms with van der Waals surface area (Å²) < 4.78 is 5.38. The number of hydrogen-bond donors (Lipinski definition) is 1. The van der Waals surface area contributed by atoms with Crippen molar-refractivity contribution in [1.29, 1.82) is 0 Å². The van der Waals surface area contributed by atoms with E-state index in [1.807, 2.05) is 0 Å². The van der Waals surface area contributed by atoms with E-state index in [-0.39, 0.29) is 5.78 Å². The molecule has 1 N–H and O–H groups in total. The molecule has 1 aromatic rings. The first kappa shape index (κ1) is 10.6. The lowest BCUT2D eigenvalue weighted by molar-refractivity contribution is 0.0269. The van der Waals surface area contributed by atoms with E-state index in [9.17, 15) is 4.79 Å². The minimum absolute atomic E-state index is 0.0483. The summed E-state index contributed by atoms with van der Waals surface area (Å²) in [7, 11) is 0. The minimum Gasteiger partial charge on any atom is -0.367 e. The van der Waals surface area contributed by atoms with Gasteiger partial charge < -0.3 is 10.1 Å². The van der Waals surface area contributed by atoms with Crippen LogP contribution < -0.4 is 5.32 Å². The SMILES string of the molecule is O=C(c1ccccc1Cl)C1CNCCO1. The van der Waals surface area contributed by atoms with Gasteiger partial charge in [0.1, 0.15) is 6.10 Å². The third-order valence-electron chi connectivity index (χ3n) is 2.36. The average molecular weight is 226 g/mol. The number of ether oxygens (including phenoxy) is 1. The number of carbonyl (C=O) groups excluding carboxylic acids is 1. The van der Waals surface area contributed by atoms with Crippen LogP contribution in [0, 0.1) is 0 Å². The number of halogens is 1. The maximum atomic E-state index is 12.0. The monoisotopic (exact) mass is 225 g/mol. The van der Waals surface area contributed by atoms with E-state index in [1.165, 1.54) is 0 Å². The molecule has 0 aromatic heterocycles. The molecule has 1 aromatic carbocycles. The van der Waals surface area contributed by atoms with Crippen LogP contribution in [0.2, 0.25) is 5.02 Å². The zero-order chi connectivity index (χ0) is 10.7. The Hall–Kier alpha value is -0.900. The molecule has 0 spiro atoms. The average Bonchev–Trinajstić information content (AvgIpc) is 2.30. The van der Waals surface area contributed by atoms with Crippen molar-refractivity contribution in [3.05, 3.63) is 34.9 Å². The second-order valence-electron chi connectivity index (χ2n) is 3.41. The zero-order valence-electron chi connectivity index (χ0n) is 8.20. The summed E-state index contributed by atoms with van der Waals surface area (Å²) in [5.41, 5.74) is 0.535. The minimum atomic E-state index is -0.404. The van der Waals surface area contributed by atoms with Gasteiger partial charge in [-0.15, -0.1) is 0 Å². The van der Waals surface area contributed by atoms with Crippen molar-refractivity contribution in [2.75, 3.05) is 19.7 Å². The molecule has 1 unspecified atom stereocenters. The van der Waals surface area contributed by atoms with E-state index >= 15 is 0 Å². The van der Waals surface area contributed by atoms with Gasteiger partial charge in [-0.2, -0.15) is 0 Å². The fourth-order valence-electron chi connectivity index (χ4n) is 1.57. The maximum Gasteiger partial charge on any atom is 0.194 e. The highest BCUT2D eigenvalue weighted by Crippen LogP contribution is 2.18. The largest absolute Gasteiger partial charge is 0.367 e. The molecule has 0 bridgehead atoms. The normalized spacial score (nSPS) is 21.3. The Morgan fingerprint density at radius 3 is 2.93 bits per heavy atom. The van der Waals surface area contributed by atoms with Crippen LogP contribution >= 0.6 is 11.6 Å². The second kappa shape index (κ2) is 4.75. The van der Waals surface area contributed by atoms with Crippen LogP contribution in [0.15, 0.2) is 24.3 Å². The molecule has 1 saturated heterocycles. The molecular formula is C11H12ClNO2. The van der Waals surface area contributed by atoms with Crippen molar-refractivity contribution in [3.63, 3.8) is 0 Å². The van der Waals surface area contributed by atoms with Crippen molar-refractivity contribution in [1.82, 2.24) is 5.32 Å². The first-order valence-corrected chi connectivity index (χ1v) is 5.28. The van der Waals surface area contributed by atoms with E-state index in [1.54, 1.807) is 24.3 Å². The summed E-state index contributed by atoms with van der Waals surface area (Å²) in [6, 6.07) is 7.04. The van der Waals surface area contributed by atoms with Gasteiger partial charge in [0.15, 0.2) is 5.78 Å². The van der Waals surface area contributed by atoms with Gasteiger partial charge in [-0.3, -0.25) is 4.79 Å². The van der Waals surface area contributed by atoms with Crippen LogP contribution in [-0.2, 0) is 4.74 Å². The maximum absolute atomic E-state index is 12.0. The third-order valence-corrected chi connectivity index (χ3v) is 2.69. The van der Waals surface area contributed by atoms with E-state index in [0.29, 0.717) is 23.7 Å². The lowest BCUT2D eigenvalue weighted by Crippen LogP contribution is -2.43. The highest BCUT2D eigenvalue weighted by atomic mass is 35.5.